The Morgan fingerprint density at radius 3 is 2.68 bits per heavy atom. The largest absolute Gasteiger partial charge is 0.331 e. The molecule has 1 saturated heterocycles. The van der Waals surface area contributed by atoms with Gasteiger partial charge < -0.3 is 14.8 Å². The molecule has 0 aliphatic carbocycles. The number of rotatable bonds is 3. The quantitative estimate of drug-likeness (QED) is 0.940. The van der Waals surface area contributed by atoms with Gasteiger partial charge in [0, 0.05) is 37.2 Å². The maximum absolute atomic E-state index is 12.3. The summed E-state index contributed by atoms with van der Waals surface area (Å²) in [5.41, 5.74) is 1.70. The fraction of sp³-hybridized carbons (Fsp3) is 0.312. The molecule has 22 heavy (non-hydrogen) atoms. The van der Waals surface area contributed by atoms with Crippen LogP contribution in [0.2, 0.25) is 0 Å². The summed E-state index contributed by atoms with van der Waals surface area (Å²) in [6.07, 6.45) is 6.88. The number of likely N-dealkylation sites (tertiary alicyclic amines) is 1. The number of hydrogen-bond acceptors (Lipinski definition) is 3. The number of nitrogens with one attached hydrogen (secondary N) is 1. The molecule has 0 radical (unpaired) electrons. The van der Waals surface area contributed by atoms with E-state index < -0.39 is 0 Å². The summed E-state index contributed by atoms with van der Waals surface area (Å²) in [5, 5.41) is 2.88. The van der Waals surface area contributed by atoms with Crippen molar-refractivity contribution in [2.45, 2.75) is 25.8 Å². The van der Waals surface area contributed by atoms with Crippen molar-refractivity contribution in [3.05, 3.63) is 43.0 Å². The average Bonchev–Trinajstić information content (AvgIpc) is 3.19. The van der Waals surface area contributed by atoms with E-state index in [0.717, 1.165) is 24.2 Å². The number of imidazole rings is 1. The molecule has 1 fully saturated rings. The minimum Gasteiger partial charge on any atom is -0.331 e. The molecule has 1 atom stereocenters. The Kier molecular flexibility index (Phi) is 3.91. The molecule has 2 heterocycles. The van der Waals surface area contributed by atoms with E-state index in [4.69, 9.17) is 0 Å². The van der Waals surface area contributed by atoms with Crippen molar-refractivity contribution in [1.82, 2.24) is 14.5 Å². The lowest BCUT2D eigenvalue weighted by molar-refractivity contribution is -0.134. The molecule has 0 spiro atoms. The van der Waals surface area contributed by atoms with Crippen molar-refractivity contribution < 1.29 is 9.59 Å². The first kappa shape index (κ1) is 14.3. The molecule has 114 valence electrons. The van der Waals surface area contributed by atoms with E-state index in [9.17, 15) is 9.59 Å². The minimum atomic E-state index is -0.356. The van der Waals surface area contributed by atoms with Gasteiger partial charge in [-0.1, -0.05) is 0 Å². The van der Waals surface area contributed by atoms with Crippen molar-refractivity contribution in [3.63, 3.8) is 0 Å². The number of carbonyl (C=O) groups is 2. The van der Waals surface area contributed by atoms with Crippen LogP contribution in [0.5, 0.6) is 0 Å². The van der Waals surface area contributed by atoms with Crippen molar-refractivity contribution in [1.29, 1.82) is 0 Å². The van der Waals surface area contributed by atoms with Crippen LogP contribution in [-0.2, 0) is 9.59 Å². The van der Waals surface area contributed by atoms with Crippen molar-refractivity contribution in [2.24, 2.45) is 0 Å². The van der Waals surface area contributed by atoms with Gasteiger partial charge >= 0.3 is 0 Å². The molecule has 1 aromatic carbocycles. The van der Waals surface area contributed by atoms with Crippen molar-refractivity contribution >= 4 is 17.5 Å². The zero-order valence-electron chi connectivity index (χ0n) is 12.4. The monoisotopic (exact) mass is 298 g/mol. The van der Waals surface area contributed by atoms with Crippen LogP contribution in [0.15, 0.2) is 43.0 Å². The summed E-state index contributed by atoms with van der Waals surface area (Å²) in [6.45, 7) is 2.17. The summed E-state index contributed by atoms with van der Waals surface area (Å²) in [6, 6.07) is 7.16. The van der Waals surface area contributed by atoms with Gasteiger partial charge in [-0.15, -0.1) is 0 Å². The highest BCUT2D eigenvalue weighted by molar-refractivity contribution is 5.97. The Balaban J connectivity index is 1.68. The van der Waals surface area contributed by atoms with Crippen LogP contribution in [0.1, 0.15) is 19.8 Å². The van der Waals surface area contributed by atoms with E-state index in [2.05, 4.69) is 10.3 Å². The second-order valence-corrected chi connectivity index (χ2v) is 5.38. The SMILES string of the molecule is CC(=O)N1CCCC1C(=O)Nc1ccc(-n2ccnc2)cc1. The number of hydrogen-bond donors (Lipinski definition) is 1. The number of aromatic nitrogens is 2. The van der Waals surface area contributed by atoms with Crippen molar-refractivity contribution in [3.8, 4) is 5.69 Å². The lowest BCUT2D eigenvalue weighted by Gasteiger charge is -2.22. The molecule has 1 aliphatic heterocycles. The molecule has 1 N–H and O–H groups in total. The first-order valence-electron chi connectivity index (χ1n) is 7.31. The van der Waals surface area contributed by atoms with Gasteiger partial charge in [0.2, 0.25) is 11.8 Å². The molecule has 0 saturated carbocycles. The summed E-state index contributed by atoms with van der Waals surface area (Å²) >= 11 is 0. The Morgan fingerprint density at radius 1 is 1.27 bits per heavy atom. The molecule has 6 heteroatoms. The van der Waals surface area contributed by atoms with Crippen LogP contribution < -0.4 is 5.32 Å². The van der Waals surface area contributed by atoms with Crippen LogP contribution in [0.25, 0.3) is 5.69 Å². The smallest absolute Gasteiger partial charge is 0.247 e. The third kappa shape index (κ3) is 2.86. The number of anilines is 1. The molecule has 1 unspecified atom stereocenters. The van der Waals surface area contributed by atoms with Gasteiger partial charge in [0.05, 0.1) is 6.33 Å². The van der Waals surface area contributed by atoms with Gasteiger partial charge in [-0.05, 0) is 37.1 Å². The molecular formula is C16H18N4O2. The first-order chi connectivity index (χ1) is 10.6. The van der Waals surface area contributed by atoms with E-state index in [0.29, 0.717) is 6.54 Å². The summed E-state index contributed by atoms with van der Waals surface area (Å²) < 4.78 is 1.89. The number of benzene rings is 1. The molecule has 2 aromatic rings. The molecule has 1 aliphatic rings. The van der Waals surface area contributed by atoms with Crippen LogP contribution in [0.3, 0.4) is 0 Å². The maximum atomic E-state index is 12.3. The third-order valence-corrected chi connectivity index (χ3v) is 3.90. The van der Waals surface area contributed by atoms with Crippen LogP contribution >= 0.6 is 0 Å². The van der Waals surface area contributed by atoms with Gasteiger partial charge in [0.25, 0.3) is 0 Å². The van der Waals surface area contributed by atoms with Crippen LogP contribution in [0.4, 0.5) is 5.69 Å². The molecule has 3 rings (SSSR count). The highest BCUT2D eigenvalue weighted by atomic mass is 16.2. The van der Waals surface area contributed by atoms with Gasteiger partial charge in [-0.25, -0.2) is 4.98 Å². The number of carbonyl (C=O) groups excluding carboxylic acids is 2. The number of nitrogens with zero attached hydrogens (tertiary/aromatic N) is 3. The van der Waals surface area contributed by atoms with Gasteiger partial charge in [-0.3, -0.25) is 9.59 Å². The summed E-state index contributed by atoms with van der Waals surface area (Å²) in [7, 11) is 0. The van der Waals surface area contributed by atoms with Crippen LogP contribution in [-0.4, -0.2) is 38.9 Å². The zero-order chi connectivity index (χ0) is 15.5. The Morgan fingerprint density at radius 2 is 2.05 bits per heavy atom. The van der Waals surface area contributed by atoms with Gasteiger partial charge in [-0.2, -0.15) is 0 Å². The fourth-order valence-corrected chi connectivity index (χ4v) is 2.77. The van der Waals surface area contributed by atoms with Gasteiger partial charge in [0.15, 0.2) is 0 Å². The van der Waals surface area contributed by atoms with E-state index in [1.807, 2.05) is 35.0 Å². The summed E-state index contributed by atoms with van der Waals surface area (Å²) in [4.78, 5) is 29.5. The van der Waals surface area contributed by atoms with Gasteiger partial charge in [0.1, 0.15) is 6.04 Å². The lowest BCUT2D eigenvalue weighted by Crippen LogP contribution is -2.42. The standard InChI is InChI=1S/C16H18N4O2/c1-12(21)20-9-2-3-15(20)16(22)18-13-4-6-14(7-5-13)19-10-8-17-11-19/h4-8,10-11,15H,2-3,9H2,1H3,(H,18,22). The maximum Gasteiger partial charge on any atom is 0.247 e. The molecule has 1 aromatic heterocycles. The normalized spacial score (nSPS) is 17.5. The highest BCUT2D eigenvalue weighted by Gasteiger charge is 2.32. The molecule has 0 bridgehead atoms. The predicted octanol–water partition coefficient (Wildman–Crippen LogP) is 1.82. The Labute approximate surface area is 128 Å². The second kappa shape index (κ2) is 6.01. The Hall–Kier alpha value is -2.63. The predicted molar refractivity (Wildman–Crippen MR) is 82.6 cm³/mol. The molecule has 6 nitrogen and oxygen atoms in total. The van der Waals surface area contributed by atoms with E-state index in [1.165, 1.54) is 6.92 Å². The minimum absolute atomic E-state index is 0.0481. The van der Waals surface area contributed by atoms with E-state index >= 15 is 0 Å². The fourth-order valence-electron chi connectivity index (χ4n) is 2.77. The molecule has 2 amide bonds. The highest BCUT2D eigenvalue weighted by Crippen LogP contribution is 2.20. The van der Waals surface area contributed by atoms with Crippen LogP contribution in [0, 0.1) is 0 Å². The summed E-state index contributed by atoms with van der Waals surface area (Å²) in [5.74, 6) is -0.170. The zero-order valence-corrected chi connectivity index (χ0v) is 12.4. The average molecular weight is 298 g/mol. The van der Waals surface area contributed by atoms with E-state index in [1.54, 1.807) is 17.4 Å². The second-order valence-electron chi connectivity index (χ2n) is 5.38. The van der Waals surface area contributed by atoms with E-state index in [-0.39, 0.29) is 17.9 Å². The third-order valence-electron chi connectivity index (χ3n) is 3.90. The topological polar surface area (TPSA) is 67.2 Å². The Bertz CT molecular complexity index is 664. The molecular weight excluding hydrogens is 280 g/mol. The van der Waals surface area contributed by atoms with Crippen molar-refractivity contribution in [2.75, 3.05) is 11.9 Å². The lowest BCUT2D eigenvalue weighted by atomic mass is 10.2. The first-order valence-corrected chi connectivity index (χ1v) is 7.31. The number of amides is 2.